The standard InChI is InChI=1S/C7H14N2O2/c1-3-7(2,4-8)6(11)9-5-10/h3,10H,1,4-5,8H2,2H3,(H,9,11). The average molecular weight is 158 g/mol. The minimum absolute atomic E-state index is 0.183. The lowest BCUT2D eigenvalue weighted by Crippen LogP contribution is -2.42. The highest BCUT2D eigenvalue weighted by Gasteiger charge is 2.27. The van der Waals surface area contributed by atoms with Gasteiger partial charge in [0.2, 0.25) is 5.91 Å². The molecule has 4 nitrogen and oxygen atoms in total. The van der Waals surface area contributed by atoms with Crippen LogP contribution in [0.4, 0.5) is 0 Å². The molecule has 4 N–H and O–H groups in total. The third kappa shape index (κ3) is 2.32. The molecule has 64 valence electrons. The molecule has 1 unspecified atom stereocenters. The van der Waals surface area contributed by atoms with Gasteiger partial charge in [-0.25, -0.2) is 0 Å². The van der Waals surface area contributed by atoms with Crippen LogP contribution in [0.1, 0.15) is 6.92 Å². The van der Waals surface area contributed by atoms with Gasteiger partial charge in [0.15, 0.2) is 0 Å². The van der Waals surface area contributed by atoms with Gasteiger partial charge >= 0.3 is 0 Å². The SMILES string of the molecule is C=CC(C)(CN)C(=O)NCO. The predicted molar refractivity (Wildman–Crippen MR) is 42.6 cm³/mol. The number of hydrogen-bond acceptors (Lipinski definition) is 3. The molecule has 0 fully saturated rings. The molecule has 0 aliphatic rings. The zero-order valence-electron chi connectivity index (χ0n) is 6.63. The maximum absolute atomic E-state index is 11.1. The predicted octanol–water partition coefficient (Wildman–Crippen LogP) is -0.797. The molecule has 0 rings (SSSR count). The van der Waals surface area contributed by atoms with Crippen LogP contribution in [0.25, 0.3) is 0 Å². The smallest absolute Gasteiger partial charge is 0.232 e. The highest BCUT2D eigenvalue weighted by Crippen LogP contribution is 2.14. The van der Waals surface area contributed by atoms with E-state index in [1.54, 1.807) is 6.92 Å². The highest BCUT2D eigenvalue weighted by atomic mass is 16.3. The summed E-state index contributed by atoms with van der Waals surface area (Å²) >= 11 is 0. The Morgan fingerprint density at radius 2 is 2.45 bits per heavy atom. The summed E-state index contributed by atoms with van der Waals surface area (Å²) in [6.07, 6.45) is 1.47. The molecule has 11 heavy (non-hydrogen) atoms. The third-order valence-corrected chi connectivity index (χ3v) is 1.63. The number of hydrogen-bond donors (Lipinski definition) is 3. The van der Waals surface area contributed by atoms with E-state index in [0.29, 0.717) is 0 Å². The minimum atomic E-state index is -0.775. The molecular weight excluding hydrogens is 144 g/mol. The number of aliphatic hydroxyl groups is 1. The molecule has 0 bridgehead atoms. The summed E-state index contributed by atoms with van der Waals surface area (Å²) in [5, 5.41) is 10.6. The van der Waals surface area contributed by atoms with Crippen molar-refractivity contribution in [3.05, 3.63) is 12.7 Å². The van der Waals surface area contributed by atoms with Crippen LogP contribution in [0.2, 0.25) is 0 Å². The number of rotatable bonds is 4. The first-order chi connectivity index (χ1) is 5.10. The van der Waals surface area contributed by atoms with Crippen LogP contribution in [-0.4, -0.2) is 24.3 Å². The third-order valence-electron chi connectivity index (χ3n) is 1.63. The highest BCUT2D eigenvalue weighted by molar-refractivity contribution is 5.84. The van der Waals surface area contributed by atoms with E-state index in [2.05, 4.69) is 11.9 Å². The molecule has 0 aromatic rings. The molecule has 0 aromatic carbocycles. The van der Waals surface area contributed by atoms with Crippen LogP contribution in [-0.2, 0) is 4.79 Å². The maximum Gasteiger partial charge on any atom is 0.232 e. The minimum Gasteiger partial charge on any atom is -0.377 e. The van der Waals surface area contributed by atoms with Crippen molar-refractivity contribution in [2.45, 2.75) is 6.92 Å². The van der Waals surface area contributed by atoms with E-state index >= 15 is 0 Å². The van der Waals surface area contributed by atoms with Crippen molar-refractivity contribution >= 4 is 5.91 Å². The summed E-state index contributed by atoms with van der Waals surface area (Å²) in [6, 6.07) is 0. The second kappa shape index (κ2) is 4.10. The maximum atomic E-state index is 11.1. The Morgan fingerprint density at radius 1 is 1.91 bits per heavy atom. The van der Waals surface area contributed by atoms with Crippen LogP contribution in [0.15, 0.2) is 12.7 Å². The summed E-state index contributed by atoms with van der Waals surface area (Å²) in [6.45, 7) is 4.95. The average Bonchev–Trinajstić information content (AvgIpc) is 2.03. The van der Waals surface area contributed by atoms with Crippen molar-refractivity contribution in [3.63, 3.8) is 0 Å². The first-order valence-corrected chi connectivity index (χ1v) is 3.33. The second-order valence-corrected chi connectivity index (χ2v) is 2.49. The van der Waals surface area contributed by atoms with Crippen molar-refractivity contribution < 1.29 is 9.90 Å². The van der Waals surface area contributed by atoms with E-state index in [1.807, 2.05) is 0 Å². The quantitative estimate of drug-likeness (QED) is 0.370. The largest absolute Gasteiger partial charge is 0.377 e. The summed E-state index contributed by atoms with van der Waals surface area (Å²) in [4.78, 5) is 11.1. The Bertz CT molecular complexity index is 159. The fourth-order valence-electron chi connectivity index (χ4n) is 0.542. The first-order valence-electron chi connectivity index (χ1n) is 3.33. The van der Waals surface area contributed by atoms with Gasteiger partial charge in [-0.15, -0.1) is 6.58 Å². The van der Waals surface area contributed by atoms with Gasteiger partial charge in [-0.2, -0.15) is 0 Å². The summed E-state index contributed by atoms with van der Waals surface area (Å²) in [5.41, 5.74) is 4.56. The molecule has 0 spiro atoms. The van der Waals surface area contributed by atoms with E-state index in [1.165, 1.54) is 6.08 Å². The molecule has 0 saturated heterocycles. The summed E-state index contributed by atoms with van der Waals surface area (Å²) in [5.74, 6) is -0.308. The Labute approximate surface area is 66.1 Å². The van der Waals surface area contributed by atoms with Crippen molar-refractivity contribution in [3.8, 4) is 0 Å². The van der Waals surface area contributed by atoms with Crippen LogP contribution < -0.4 is 11.1 Å². The van der Waals surface area contributed by atoms with Gasteiger partial charge in [-0.05, 0) is 6.92 Å². The number of amides is 1. The lowest BCUT2D eigenvalue weighted by molar-refractivity contribution is -0.128. The van der Waals surface area contributed by atoms with Crippen LogP contribution in [0.5, 0.6) is 0 Å². The molecule has 0 saturated carbocycles. The number of carbonyl (C=O) groups excluding carboxylic acids is 1. The Hall–Kier alpha value is -0.870. The normalized spacial score (nSPS) is 15.2. The number of nitrogens with one attached hydrogen (secondary N) is 1. The van der Waals surface area contributed by atoms with E-state index in [4.69, 9.17) is 10.8 Å². The molecule has 0 aliphatic heterocycles. The Kier molecular flexibility index (Phi) is 3.78. The van der Waals surface area contributed by atoms with Gasteiger partial charge in [0.1, 0.15) is 6.73 Å². The monoisotopic (exact) mass is 158 g/mol. The summed E-state index contributed by atoms with van der Waals surface area (Å²) < 4.78 is 0. The zero-order chi connectivity index (χ0) is 8.91. The van der Waals surface area contributed by atoms with Crippen molar-refractivity contribution in [2.75, 3.05) is 13.3 Å². The number of carbonyl (C=O) groups is 1. The van der Waals surface area contributed by atoms with Gasteiger partial charge in [0.05, 0.1) is 5.41 Å². The molecule has 4 heteroatoms. The molecular formula is C7H14N2O2. The molecule has 1 amide bonds. The van der Waals surface area contributed by atoms with Gasteiger partial charge in [-0.1, -0.05) is 6.08 Å². The fourth-order valence-corrected chi connectivity index (χ4v) is 0.542. The van der Waals surface area contributed by atoms with E-state index < -0.39 is 5.41 Å². The molecule has 1 atom stereocenters. The van der Waals surface area contributed by atoms with Crippen LogP contribution in [0.3, 0.4) is 0 Å². The zero-order valence-corrected chi connectivity index (χ0v) is 6.63. The van der Waals surface area contributed by atoms with Crippen LogP contribution in [0, 0.1) is 5.41 Å². The Morgan fingerprint density at radius 3 is 2.73 bits per heavy atom. The topological polar surface area (TPSA) is 75.4 Å². The van der Waals surface area contributed by atoms with E-state index in [9.17, 15) is 4.79 Å². The number of aliphatic hydroxyl groups excluding tert-OH is 1. The summed E-state index contributed by atoms with van der Waals surface area (Å²) in [7, 11) is 0. The fraction of sp³-hybridized carbons (Fsp3) is 0.571. The van der Waals surface area contributed by atoms with Crippen molar-refractivity contribution in [1.29, 1.82) is 0 Å². The lowest BCUT2D eigenvalue weighted by atomic mass is 9.90. The Balaban J connectivity index is 4.24. The van der Waals surface area contributed by atoms with E-state index in [0.717, 1.165) is 0 Å². The molecule has 0 radical (unpaired) electrons. The molecule has 0 aromatic heterocycles. The van der Waals surface area contributed by atoms with Gasteiger partial charge in [-0.3, -0.25) is 4.79 Å². The van der Waals surface area contributed by atoms with Gasteiger partial charge < -0.3 is 16.2 Å². The molecule has 0 heterocycles. The van der Waals surface area contributed by atoms with Crippen molar-refractivity contribution in [2.24, 2.45) is 11.1 Å². The van der Waals surface area contributed by atoms with Crippen LogP contribution >= 0.6 is 0 Å². The van der Waals surface area contributed by atoms with E-state index in [-0.39, 0.29) is 19.2 Å². The first kappa shape index (κ1) is 10.1. The number of nitrogens with two attached hydrogens (primary N) is 1. The second-order valence-electron chi connectivity index (χ2n) is 2.49. The van der Waals surface area contributed by atoms with Crippen molar-refractivity contribution in [1.82, 2.24) is 5.32 Å². The molecule has 0 aliphatic carbocycles. The lowest BCUT2D eigenvalue weighted by Gasteiger charge is -2.21. The van der Waals surface area contributed by atoms with Gasteiger partial charge in [0.25, 0.3) is 0 Å². The van der Waals surface area contributed by atoms with Gasteiger partial charge in [0, 0.05) is 6.54 Å².